The van der Waals surface area contributed by atoms with Gasteiger partial charge in [-0.3, -0.25) is 19.3 Å². The monoisotopic (exact) mass is 637 g/mol. The maximum absolute atomic E-state index is 14.7. The molecule has 3 aliphatic rings. The van der Waals surface area contributed by atoms with Gasteiger partial charge in [0.05, 0.1) is 31.1 Å². The van der Waals surface area contributed by atoms with Gasteiger partial charge in [0.15, 0.2) is 0 Å². The molecule has 0 spiro atoms. The highest BCUT2D eigenvalue weighted by atomic mass is 19.4. The summed E-state index contributed by atoms with van der Waals surface area (Å²) in [5, 5.41) is 18.5. The van der Waals surface area contributed by atoms with Crippen LogP contribution in [0.2, 0.25) is 0 Å². The number of aromatic nitrogens is 3. The van der Waals surface area contributed by atoms with Crippen molar-refractivity contribution in [2.75, 3.05) is 20.3 Å². The van der Waals surface area contributed by atoms with Gasteiger partial charge in [0.2, 0.25) is 17.4 Å². The topological polar surface area (TPSA) is 142 Å². The zero-order chi connectivity index (χ0) is 32.5. The van der Waals surface area contributed by atoms with Crippen LogP contribution in [0.25, 0.3) is 10.9 Å². The second kappa shape index (κ2) is 10.5. The van der Waals surface area contributed by atoms with E-state index < -0.39 is 65.9 Å². The molecule has 1 aromatic carbocycles. The number of fused-ring (bicyclic) bond motifs is 2. The van der Waals surface area contributed by atoms with Crippen LogP contribution in [0, 0.1) is 0 Å². The van der Waals surface area contributed by atoms with Gasteiger partial charge < -0.3 is 25.6 Å². The molecule has 10 nitrogen and oxygen atoms in total. The van der Waals surface area contributed by atoms with E-state index in [1.54, 1.807) is 10.9 Å². The summed E-state index contributed by atoms with van der Waals surface area (Å²) in [6.07, 6.45) is -2.96. The fourth-order valence-electron chi connectivity index (χ4n) is 6.00. The average Bonchev–Trinajstić information content (AvgIpc) is 3.65. The molecule has 15 heteroatoms. The standard InChI is InChI=1S/C30H32F5N5O5/c1-27(26(36)42)14-45-24-19(27)11-21(38-23(24)15-5-7-28(31,32)8-6-15)29(43,30(33,34)35)13-37-25(41)16-9-17-12-40(18-3-4-18)39-22(17)20(10-16)44-2/h9-12,15,18,43H,3-8,13-14H2,1-2H3,(H2,36,42)(H,37,41)/t27-,29-/m0/s1. The van der Waals surface area contributed by atoms with E-state index in [2.05, 4.69) is 15.4 Å². The van der Waals surface area contributed by atoms with E-state index in [4.69, 9.17) is 15.2 Å². The Labute approximate surface area is 254 Å². The summed E-state index contributed by atoms with van der Waals surface area (Å²) in [6.45, 7) is -0.270. The lowest BCUT2D eigenvalue weighted by atomic mass is 9.79. The van der Waals surface area contributed by atoms with E-state index in [1.165, 1.54) is 26.2 Å². The third-order valence-corrected chi connectivity index (χ3v) is 9.14. The van der Waals surface area contributed by atoms with Gasteiger partial charge in [-0.05, 0) is 50.8 Å². The fraction of sp³-hybridized carbons (Fsp3) is 0.533. The van der Waals surface area contributed by atoms with E-state index >= 15 is 0 Å². The Morgan fingerprint density at radius 1 is 1.18 bits per heavy atom. The lowest BCUT2D eigenvalue weighted by molar-refractivity contribution is -0.265. The number of carbonyl (C=O) groups is 2. The molecule has 6 rings (SSSR count). The summed E-state index contributed by atoms with van der Waals surface area (Å²) in [5.74, 6) is -5.24. The van der Waals surface area contributed by atoms with Crippen LogP contribution in [0.1, 0.15) is 84.7 Å². The van der Waals surface area contributed by atoms with Crippen molar-refractivity contribution in [2.24, 2.45) is 5.73 Å². The molecule has 3 aromatic rings. The first-order chi connectivity index (χ1) is 21.1. The number of nitrogens with zero attached hydrogens (tertiary/aromatic N) is 3. The van der Waals surface area contributed by atoms with Gasteiger partial charge >= 0.3 is 6.18 Å². The predicted molar refractivity (Wildman–Crippen MR) is 149 cm³/mol. The largest absolute Gasteiger partial charge is 0.494 e. The molecular formula is C30H32F5N5O5. The maximum Gasteiger partial charge on any atom is 0.424 e. The lowest BCUT2D eigenvalue weighted by Gasteiger charge is -2.33. The van der Waals surface area contributed by atoms with Crippen molar-refractivity contribution in [1.29, 1.82) is 0 Å². The maximum atomic E-state index is 14.7. The number of hydrogen-bond acceptors (Lipinski definition) is 7. The highest BCUT2D eigenvalue weighted by Gasteiger charge is 2.58. The Kier molecular flexibility index (Phi) is 7.25. The molecule has 242 valence electrons. The summed E-state index contributed by atoms with van der Waals surface area (Å²) in [7, 11) is 1.38. The number of rotatable bonds is 8. The first-order valence-electron chi connectivity index (χ1n) is 14.6. The molecule has 1 aliphatic heterocycles. The van der Waals surface area contributed by atoms with Crippen LogP contribution in [0.3, 0.4) is 0 Å². The molecule has 0 unspecified atom stereocenters. The van der Waals surface area contributed by atoms with Crippen LogP contribution < -0.4 is 20.5 Å². The van der Waals surface area contributed by atoms with Crippen molar-refractivity contribution in [3.63, 3.8) is 0 Å². The molecule has 2 saturated carbocycles. The number of nitrogens with one attached hydrogen (secondary N) is 1. The molecule has 2 amide bonds. The molecule has 0 saturated heterocycles. The Bertz CT molecular complexity index is 1680. The third kappa shape index (κ3) is 5.34. The lowest BCUT2D eigenvalue weighted by Crippen LogP contribution is -2.52. The van der Waals surface area contributed by atoms with Crippen LogP contribution in [0.5, 0.6) is 11.5 Å². The number of hydrogen-bond donors (Lipinski definition) is 3. The smallest absolute Gasteiger partial charge is 0.424 e. The minimum atomic E-state index is -5.37. The number of nitrogens with two attached hydrogens (primary N) is 1. The number of pyridine rings is 1. The van der Waals surface area contributed by atoms with Crippen LogP contribution in [-0.4, -0.2) is 64.0 Å². The molecular weight excluding hydrogens is 605 g/mol. The molecule has 45 heavy (non-hydrogen) atoms. The third-order valence-electron chi connectivity index (χ3n) is 9.14. The number of halogens is 5. The van der Waals surface area contributed by atoms with Crippen LogP contribution in [0.4, 0.5) is 22.0 Å². The molecule has 4 N–H and O–H groups in total. The van der Waals surface area contributed by atoms with Gasteiger partial charge in [0.1, 0.15) is 29.0 Å². The molecule has 0 radical (unpaired) electrons. The van der Waals surface area contributed by atoms with E-state index in [0.29, 0.717) is 10.9 Å². The second-order valence-corrected chi connectivity index (χ2v) is 12.4. The van der Waals surface area contributed by atoms with E-state index in [0.717, 1.165) is 18.9 Å². The summed E-state index contributed by atoms with van der Waals surface area (Å²) in [5.41, 5.74) is -0.274. The van der Waals surface area contributed by atoms with Crippen LogP contribution in [-0.2, 0) is 15.8 Å². The molecule has 2 aromatic heterocycles. The van der Waals surface area contributed by atoms with E-state index in [9.17, 15) is 36.6 Å². The Morgan fingerprint density at radius 2 is 1.87 bits per heavy atom. The van der Waals surface area contributed by atoms with Gasteiger partial charge in [-0.1, -0.05) is 0 Å². The van der Waals surface area contributed by atoms with Gasteiger partial charge in [-0.25, -0.2) is 8.78 Å². The van der Waals surface area contributed by atoms with Crippen molar-refractivity contribution in [1.82, 2.24) is 20.1 Å². The van der Waals surface area contributed by atoms with Gasteiger partial charge in [-0.2, -0.15) is 18.3 Å². The highest BCUT2D eigenvalue weighted by molar-refractivity contribution is 6.00. The number of methoxy groups -OCH3 is 1. The Morgan fingerprint density at radius 3 is 2.47 bits per heavy atom. The number of carbonyl (C=O) groups excluding carboxylic acids is 2. The molecule has 0 bridgehead atoms. The first-order valence-corrected chi connectivity index (χ1v) is 14.6. The van der Waals surface area contributed by atoms with Crippen LogP contribution in [0.15, 0.2) is 24.4 Å². The van der Waals surface area contributed by atoms with Gasteiger partial charge in [0.25, 0.3) is 5.91 Å². The summed E-state index contributed by atoms with van der Waals surface area (Å²) in [4.78, 5) is 29.8. The molecule has 3 heterocycles. The summed E-state index contributed by atoms with van der Waals surface area (Å²) < 4.78 is 85.0. The normalized spacial score (nSPS) is 22.8. The first kappa shape index (κ1) is 31.0. The minimum Gasteiger partial charge on any atom is -0.494 e. The zero-order valence-corrected chi connectivity index (χ0v) is 24.5. The fourth-order valence-corrected chi connectivity index (χ4v) is 6.00. The van der Waals surface area contributed by atoms with Crippen molar-refractivity contribution >= 4 is 22.7 Å². The predicted octanol–water partition coefficient (Wildman–Crippen LogP) is 4.38. The van der Waals surface area contributed by atoms with Gasteiger partial charge in [0, 0.05) is 41.5 Å². The number of amides is 2. The SMILES string of the molecule is COc1cc(C(=O)NC[C@](O)(c2cc3c(c(C4CCC(F)(F)CC4)n2)OC[C@]3(C)C(N)=O)C(F)(F)F)cc2cn(C3CC3)nc12. The molecule has 2 atom stereocenters. The zero-order valence-electron chi connectivity index (χ0n) is 24.5. The number of alkyl halides is 5. The van der Waals surface area contributed by atoms with Gasteiger partial charge in [-0.15, -0.1) is 0 Å². The highest BCUT2D eigenvalue weighted by Crippen LogP contribution is 2.50. The number of primary amides is 1. The number of ether oxygens (including phenoxy) is 2. The van der Waals surface area contributed by atoms with E-state index in [1.807, 2.05) is 0 Å². The number of benzene rings is 1. The molecule has 2 aliphatic carbocycles. The van der Waals surface area contributed by atoms with Crippen LogP contribution >= 0.6 is 0 Å². The van der Waals surface area contributed by atoms with E-state index in [-0.39, 0.29) is 53.8 Å². The quantitative estimate of drug-likeness (QED) is 0.311. The average molecular weight is 638 g/mol. The van der Waals surface area contributed by atoms with Crippen molar-refractivity contribution in [3.8, 4) is 11.5 Å². The second-order valence-electron chi connectivity index (χ2n) is 12.4. The van der Waals surface area contributed by atoms with Crippen molar-refractivity contribution in [2.45, 2.75) is 80.5 Å². The molecule has 2 fully saturated rings. The van der Waals surface area contributed by atoms with Crippen molar-refractivity contribution in [3.05, 3.63) is 46.9 Å². The Balaban J connectivity index is 1.36. The number of aliphatic hydroxyl groups is 1. The Hall–Kier alpha value is -4.01. The summed E-state index contributed by atoms with van der Waals surface area (Å²) >= 11 is 0. The summed E-state index contributed by atoms with van der Waals surface area (Å²) in [6, 6.07) is 3.94. The van der Waals surface area contributed by atoms with Crippen molar-refractivity contribution < 1.29 is 46.1 Å². The minimum absolute atomic E-state index is 0.00373.